The Bertz CT molecular complexity index is 672. The van der Waals surface area contributed by atoms with Crippen molar-refractivity contribution in [3.05, 3.63) is 29.3 Å². The molecule has 0 bridgehead atoms. The van der Waals surface area contributed by atoms with Gasteiger partial charge in [0.15, 0.2) is 5.69 Å². The molecule has 3 rings (SSSR count). The van der Waals surface area contributed by atoms with Gasteiger partial charge in [0, 0.05) is 0 Å². The average molecular weight is 319 g/mol. The number of thiophene rings is 1. The van der Waals surface area contributed by atoms with Crippen LogP contribution in [0.4, 0.5) is 0 Å². The van der Waals surface area contributed by atoms with Gasteiger partial charge < -0.3 is 10.4 Å². The third kappa shape index (κ3) is 3.04. The number of aliphatic carboxylic acids is 1. The van der Waals surface area contributed by atoms with Crippen molar-refractivity contribution in [2.45, 2.75) is 37.6 Å². The van der Waals surface area contributed by atoms with Gasteiger partial charge in [-0.25, -0.2) is 0 Å². The molecule has 6 nitrogen and oxygen atoms in total. The zero-order valence-electron chi connectivity index (χ0n) is 12.0. The molecule has 1 aliphatic rings. The van der Waals surface area contributed by atoms with Crippen LogP contribution in [0.5, 0.6) is 0 Å². The molecule has 22 heavy (non-hydrogen) atoms. The van der Waals surface area contributed by atoms with Gasteiger partial charge in [0.2, 0.25) is 0 Å². The van der Waals surface area contributed by atoms with Crippen LogP contribution >= 0.6 is 11.3 Å². The van der Waals surface area contributed by atoms with Crippen LogP contribution in [-0.4, -0.2) is 32.7 Å². The number of aromatic amines is 1. The first-order valence-electron chi connectivity index (χ1n) is 7.22. The van der Waals surface area contributed by atoms with Crippen LogP contribution < -0.4 is 5.32 Å². The highest BCUT2D eigenvalue weighted by Gasteiger charge is 2.38. The van der Waals surface area contributed by atoms with Gasteiger partial charge in [-0.15, -0.1) is 11.3 Å². The predicted molar refractivity (Wildman–Crippen MR) is 82.8 cm³/mol. The third-order valence-electron chi connectivity index (χ3n) is 4.03. The topological polar surface area (TPSA) is 95.1 Å². The van der Waals surface area contributed by atoms with Gasteiger partial charge in [0.05, 0.1) is 22.5 Å². The average Bonchev–Trinajstić information content (AvgIpc) is 3.19. The molecule has 116 valence electrons. The highest BCUT2D eigenvalue weighted by Crippen LogP contribution is 2.33. The van der Waals surface area contributed by atoms with Crippen LogP contribution in [0.3, 0.4) is 0 Å². The van der Waals surface area contributed by atoms with Crippen molar-refractivity contribution in [3.8, 4) is 10.6 Å². The number of nitrogens with zero attached hydrogens (tertiary/aromatic N) is 1. The molecule has 2 aromatic rings. The first-order valence-corrected chi connectivity index (χ1v) is 8.10. The fraction of sp³-hybridized carbons (Fsp3) is 0.400. The Morgan fingerprint density at radius 3 is 2.82 bits per heavy atom. The molecule has 0 radical (unpaired) electrons. The Hall–Kier alpha value is -2.15. The van der Waals surface area contributed by atoms with Crippen molar-refractivity contribution >= 4 is 23.2 Å². The summed E-state index contributed by atoms with van der Waals surface area (Å²) in [5.41, 5.74) is 0.448. The Labute approximate surface area is 131 Å². The summed E-state index contributed by atoms with van der Waals surface area (Å²) in [5, 5.41) is 20.8. The summed E-state index contributed by atoms with van der Waals surface area (Å²) < 4.78 is 0. The predicted octanol–water partition coefficient (Wildman–Crippen LogP) is 2.66. The second kappa shape index (κ2) is 5.92. The van der Waals surface area contributed by atoms with E-state index in [2.05, 4.69) is 15.5 Å². The molecule has 0 aromatic carbocycles. The van der Waals surface area contributed by atoms with Crippen LogP contribution in [0, 0.1) is 0 Å². The number of amides is 1. The number of hydrogen-bond acceptors (Lipinski definition) is 4. The van der Waals surface area contributed by atoms with Crippen LogP contribution in [-0.2, 0) is 4.79 Å². The molecule has 1 aliphatic carbocycles. The number of nitrogens with one attached hydrogen (secondary N) is 2. The van der Waals surface area contributed by atoms with Gasteiger partial charge in [0.25, 0.3) is 5.91 Å². The molecule has 1 fully saturated rings. The first kappa shape index (κ1) is 14.8. The van der Waals surface area contributed by atoms with E-state index < -0.39 is 11.5 Å². The fourth-order valence-corrected chi connectivity index (χ4v) is 3.68. The van der Waals surface area contributed by atoms with Gasteiger partial charge in [-0.1, -0.05) is 18.9 Å². The Morgan fingerprint density at radius 1 is 1.41 bits per heavy atom. The van der Waals surface area contributed by atoms with Gasteiger partial charge >= 0.3 is 5.97 Å². The summed E-state index contributed by atoms with van der Waals surface area (Å²) in [7, 11) is 0. The van der Waals surface area contributed by atoms with E-state index in [-0.39, 0.29) is 12.3 Å². The van der Waals surface area contributed by atoms with Crippen molar-refractivity contribution in [1.29, 1.82) is 0 Å². The lowest BCUT2D eigenvalue weighted by molar-refractivity contribution is -0.138. The molecule has 0 unspecified atom stereocenters. The van der Waals surface area contributed by atoms with E-state index in [0.717, 1.165) is 23.4 Å². The number of rotatable bonds is 5. The van der Waals surface area contributed by atoms with Gasteiger partial charge in [0.1, 0.15) is 0 Å². The van der Waals surface area contributed by atoms with E-state index in [0.29, 0.717) is 18.5 Å². The number of carbonyl (C=O) groups excluding carboxylic acids is 1. The van der Waals surface area contributed by atoms with Gasteiger partial charge in [-0.05, 0) is 30.4 Å². The van der Waals surface area contributed by atoms with E-state index in [1.165, 1.54) is 0 Å². The van der Waals surface area contributed by atoms with Crippen molar-refractivity contribution < 1.29 is 14.7 Å². The highest BCUT2D eigenvalue weighted by molar-refractivity contribution is 7.13. The molecule has 3 N–H and O–H groups in total. The lowest BCUT2D eigenvalue weighted by Gasteiger charge is -2.28. The number of hydrogen-bond donors (Lipinski definition) is 3. The smallest absolute Gasteiger partial charge is 0.305 e. The van der Waals surface area contributed by atoms with Gasteiger partial charge in [-0.3, -0.25) is 14.7 Å². The van der Waals surface area contributed by atoms with Gasteiger partial charge in [-0.2, -0.15) is 5.10 Å². The molecule has 1 saturated carbocycles. The minimum absolute atomic E-state index is 0.0407. The minimum atomic E-state index is -0.886. The van der Waals surface area contributed by atoms with Crippen molar-refractivity contribution in [2.75, 3.05) is 0 Å². The monoisotopic (exact) mass is 319 g/mol. The molecule has 0 spiro atoms. The van der Waals surface area contributed by atoms with Crippen LogP contribution in [0.15, 0.2) is 23.6 Å². The number of carboxylic acid groups (broad SMARTS) is 1. The third-order valence-corrected chi connectivity index (χ3v) is 4.93. The molecule has 7 heteroatoms. The Kier molecular flexibility index (Phi) is 3.98. The summed E-state index contributed by atoms with van der Waals surface area (Å²) in [6.45, 7) is 0. The van der Waals surface area contributed by atoms with Crippen molar-refractivity contribution in [3.63, 3.8) is 0 Å². The zero-order chi connectivity index (χ0) is 15.6. The minimum Gasteiger partial charge on any atom is -0.481 e. The molecule has 0 saturated heterocycles. The molecule has 0 atom stereocenters. The molecule has 2 aromatic heterocycles. The highest BCUT2D eigenvalue weighted by atomic mass is 32.1. The van der Waals surface area contributed by atoms with E-state index in [1.54, 1.807) is 17.4 Å². The number of carboxylic acids is 1. The maximum absolute atomic E-state index is 12.4. The number of carbonyl (C=O) groups is 2. The number of H-pyrrole nitrogens is 1. The maximum atomic E-state index is 12.4. The largest absolute Gasteiger partial charge is 0.481 e. The molecule has 2 heterocycles. The molecule has 0 aliphatic heterocycles. The van der Waals surface area contributed by atoms with Crippen molar-refractivity contribution in [2.24, 2.45) is 0 Å². The van der Waals surface area contributed by atoms with Crippen molar-refractivity contribution in [1.82, 2.24) is 15.5 Å². The summed E-state index contributed by atoms with van der Waals surface area (Å²) in [5.74, 6) is -1.20. The second-order valence-corrected chi connectivity index (χ2v) is 6.60. The van der Waals surface area contributed by atoms with E-state index in [1.807, 2.05) is 17.5 Å². The zero-order valence-corrected chi connectivity index (χ0v) is 12.8. The molecular formula is C15H17N3O3S. The summed E-state index contributed by atoms with van der Waals surface area (Å²) in [4.78, 5) is 24.5. The standard InChI is InChI=1S/C15H17N3O3S/c19-13(20)9-15(5-1-2-6-15)16-14(21)11-8-10(17-18-11)12-4-3-7-22-12/h3-4,7-8H,1-2,5-6,9H2,(H,16,21)(H,17,18)(H,19,20). The summed E-state index contributed by atoms with van der Waals surface area (Å²) >= 11 is 1.56. The molecular weight excluding hydrogens is 302 g/mol. The van der Waals surface area contributed by atoms with Crippen LogP contribution in [0.2, 0.25) is 0 Å². The maximum Gasteiger partial charge on any atom is 0.305 e. The summed E-state index contributed by atoms with van der Waals surface area (Å²) in [6, 6.07) is 5.58. The summed E-state index contributed by atoms with van der Waals surface area (Å²) in [6.07, 6.45) is 3.24. The fourth-order valence-electron chi connectivity index (χ4n) is 2.99. The van der Waals surface area contributed by atoms with E-state index in [4.69, 9.17) is 5.11 Å². The number of aromatic nitrogens is 2. The van der Waals surface area contributed by atoms with E-state index in [9.17, 15) is 9.59 Å². The normalized spacial score (nSPS) is 16.5. The second-order valence-electron chi connectivity index (χ2n) is 5.66. The Balaban J connectivity index is 1.75. The molecule has 1 amide bonds. The lowest BCUT2D eigenvalue weighted by atomic mass is 9.93. The Morgan fingerprint density at radius 2 is 2.18 bits per heavy atom. The SMILES string of the molecule is O=C(O)CC1(NC(=O)c2cc(-c3cccs3)[nH]n2)CCCC1. The first-order chi connectivity index (χ1) is 10.6. The van der Waals surface area contributed by atoms with Crippen LogP contribution in [0.25, 0.3) is 10.6 Å². The lowest BCUT2D eigenvalue weighted by Crippen LogP contribution is -2.47. The quantitative estimate of drug-likeness (QED) is 0.789. The van der Waals surface area contributed by atoms with Crippen LogP contribution in [0.1, 0.15) is 42.6 Å². The van der Waals surface area contributed by atoms with E-state index >= 15 is 0 Å².